The van der Waals surface area contributed by atoms with Gasteiger partial charge >= 0.3 is 0 Å². The van der Waals surface area contributed by atoms with E-state index in [4.69, 9.17) is 0 Å². The highest BCUT2D eigenvalue weighted by Crippen LogP contribution is 2.16. The Labute approximate surface area is 124 Å². The fourth-order valence-corrected chi connectivity index (χ4v) is 2.48. The van der Waals surface area contributed by atoms with Crippen molar-refractivity contribution in [3.05, 3.63) is 56.5 Å². The second kappa shape index (κ2) is 5.64. The summed E-state index contributed by atoms with van der Waals surface area (Å²) in [6.45, 7) is 3.80. The van der Waals surface area contributed by atoms with Gasteiger partial charge in [0.15, 0.2) is 0 Å². The van der Waals surface area contributed by atoms with Crippen LogP contribution in [0.2, 0.25) is 0 Å². The van der Waals surface area contributed by atoms with Gasteiger partial charge in [-0.3, -0.25) is 4.79 Å². The number of hydrogen-bond donors (Lipinski definition) is 1. The lowest BCUT2D eigenvalue weighted by atomic mass is 10.2. The number of benzene rings is 1. The molecule has 0 aliphatic carbocycles. The molecule has 1 aromatic heterocycles. The third kappa shape index (κ3) is 3.50. The van der Waals surface area contributed by atoms with Gasteiger partial charge in [-0.1, -0.05) is 0 Å². The average Bonchev–Trinajstić information content (AvgIpc) is 2.26. The van der Waals surface area contributed by atoms with Crippen molar-refractivity contribution in [2.75, 3.05) is 5.32 Å². The summed E-state index contributed by atoms with van der Waals surface area (Å²) in [6.07, 6.45) is 0. The number of halogens is 2. The summed E-state index contributed by atoms with van der Waals surface area (Å²) in [5.41, 5.74) is 2.30. The van der Waals surface area contributed by atoms with E-state index in [2.05, 4.69) is 10.3 Å². The van der Waals surface area contributed by atoms with E-state index in [9.17, 15) is 9.18 Å². The van der Waals surface area contributed by atoms with Crippen LogP contribution in [0.25, 0.3) is 0 Å². The monoisotopic (exact) mass is 370 g/mol. The van der Waals surface area contributed by atoms with Gasteiger partial charge in [0.1, 0.15) is 11.6 Å². The van der Waals surface area contributed by atoms with E-state index in [1.165, 1.54) is 18.2 Å². The predicted molar refractivity (Wildman–Crippen MR) is 80.8 cm³/mol. The van der Waals surface area contributed by atoms with E-state index in [0.717, 1.165) is 11.3 Å². The molecule has 1 N–H and O–H groups in total. The zero-order chi connectivity index (χ0) is 14.0. The van der Waals surface area contributed by atoms with Crippen molar-refractivity contribution < 1.29 is 9.18 Å². The van der Waals surface area contributed by atoms with E-state index in [-0.39, 0.29) is 11.7 Å². The Bertz CT molecular complexity index is 623. The van der Waals surface area contributed by atoms with Crippen LogP contribution in [0.1, 0.15) is 21.6 Å². The Morgan fingerprint density at radius 2 is 2.00 bits per heavy atom. The quantitative estimate of drug-likeness (QED) is 0.820. The number of nitrogens with one attached hydrogen (secondary N) is 1. The van der Waals surface area contributed by atoms with Gasteiger partial charge in [-0.25, -0.2) is 9.37 Å². The van der Waals surface area contributed by atoms with Gasteiger partial charge in [0.05, 0.1) is 5.56 Å². The number of hydrogen-bond acceptors (Lipinski definition) is 2. The van der Waals surface area contributed by atoms with Crippen LogP contribution in [0.5, 0.6) is 0 Å². The van der Waals surface area contributed by atoms with Crippen molar-refractivity contribution in [3.63, 3.8) is 0 Å². The van der Waals surface area contributed by atoms with Gasteiger partial charge in [-0.15, -0.1) is 0 Å². The molecule has 0 radical (unpaired) electrons. The number of carbonyl (C=O) groups excluding carboxylic acids is 1. The van der Waals surface area contributed by atoms with Crippen molar-refractivity contribution >= 4 is 34.3 Å². The fourth-order valence-electron chi connectivity index (χ4n) is 1.76. The van der Waals surface area contributed by atoms with E-state index >= 15 is 0 Å². The summed E-state index contributed by atoms with van der Waals surface area (Å²) < 4.78 is 13.6. The minimum atomic E-state index is -0.356. The molecule has 0 aliphatic rings. The zero-order valence-electron chi connectivity index (χ0n) is 10.5. The molecule has 3 nitrogen and oxygen atoms in total. The number of nitrogens with zero attached hydrogens (tertiary/aromatic N) is 1. The Morgan fingerprint density at radius 1 is 1.26 bits per heavy atom. The molecule has 1 aromatic carbocycles. The molecule has 1 amide bonds. The second-order valence-corrected chi connectivity index (χ2v) is 5.41. The van der Waals surface area contributed by atoms with Gasteiger partial charge < -0.3 is 5.32 Å². The summed E-state index contributed by atoms with van der Waals surface area (Å²) in [5.74, 6) is -0.144. The van der Waals surface area contributed by atoms with Crippen LogP contribution >= 0.6 is 22.6 Å². The number of pyridine rings is 1. The molecule has 1 heterocycles. The van der Waals surface area contributed by atoms with Crippen molar-refractivity contribution in [2.45, 2.75) is 13.8 Å². The standard InChI is InChI=1S/C14H12FIN2O/c1-8-5-9(2)17-13(6-8)18-14(19)11-4-3-10(15)7-12(11)16/h3-7H,1-2H3,(H,17,18,19). The Hall–Kier alpha value is -1.50. The van der Waals surface area contributed by atoms with Crippen LogP contribution in [-0.2, 0) is 0 Å². The molecule has 0 saturated heterocycles. The van der Waals surface area contributed by atoms with Crippen LogP contribution in [-0.4, -0.2) is 10.9 Å². The normalized spacial score (nSPS) is 10.3. The number of aromatic nitrogens is 1. The molecule has 19 heavy (non-hydrogen) atoms. The first kappa shape index (κ1) is 13.9. The van der Waals surface area contributed by atoms with Gasteiger partial charge in [0, 0.05) is 9.26 Å². The maximum atomic E-state index is 13.0. The average molecular weight is 370 g/mol. The van der Waals surface area contributed by atoms with Crippen LogP contribution in [0.4, 0.5) is 10.2 Å². The summed E-state index contributed by atoms with van der Waals surface area (Å²) in [5, 5.41) is 2.72. The molecule has 0 aliphatic heterocycles. The minimum Gasteiger partial charge on any atom is -0.307 e. The van der Waals surface area contributed by atoms with Crippen LogP contribution < -0.4 is 5.32 Å². The third-order valence-electron chi connectivity index (χ3n) is 2.52. The predicted octanol–water partition coefficient (Wildman–Crippen LogP) is 3.69. The molecule has 0 saturated carbocycles. The number of anilines is 1. The topological polar surface area (TPSA) is 42.0 Å². The van der Waals surface area contributed by atoms with Gasteiger partial charge in [-0.05, 0) is 72.3 Å². The minimum absolute atomic E-state index is 0.290. The van der Waals surface area contributed by atoms with Gasteiger partial charge in [-0.2, -0.15) is 0 Å². The van der Waals surface area contributed by atoms with Gasteiger partial charge in [0.25, 0.3) is 5.91 Å². The number of carbonyl (C=O) groups is 1. The third-order valence-corrected chi connectivity index (χ3v) is 3.41. The van der Waals surface area contributed by atoms with E-state index < -0.39 is 0 Å². The molecule has 2 aromatic rings. The first-order valence-electron chi connectivity index (χ1n) is 5.67. The number of amides is 1. The highest BCUT2D eigenvalue weighted by Gasteiger charge is 2.11. The van der Waals surface area contributed by atoms with Crippen LogP contribution in [0, 0.1) is 23.2 Å². The summed E-state index contributed by atoms with van der Waals surface area (Å²) in [4.78, 5) is 16.3. The van der Waals surface area contributed by atoms with E-state index in [1.807, 2.05) is 42.5 Å². The Balaban J connectivity index is 2.25. The van der Waals surface area contributed by atoms with E-state index in [0.29, 0.717) is 15.0 Å². The molecule has 0 fully saturated rings. The molecule has 5 heteroatoms. The van der Waals surface area contributed by atoms with Crippen molar-refractivity contribution in [1.29, 1.82) is 0 Å². The molecule has 0 atom stereocenters. The fraction of sp³-hybridized carbons (Fsp3) is 0.143. The molecule has 2 rings (SSSR count). The lowest BCUT2D eigenvalue weighted by Crippen LogP contribution is -2.15. The maximum Gasteiger partial charge on any atom is 0.257 e. The molecule has 0 unspecified atom stereocenters. The molecular formula is C14H12FIN2O. The lowest BCUT2D eigenvalue weighted by Gasteiger charge is -2.08. The summed E-state index contributed by atoms with van der Waals surface area (Å²) in [6, 6.07) is 7.78. The number of aryl methyl sites for hydroxylation is 2. The summed E-state index contributed by atoms with van der Waals surface area (Å²) in [7, 11) is 0. The molecular weight excluding hydrogens is 358 g/mol. The highest BCUT2D eigenvalue weighted by molar-refractivity contribution is 14.1. The van der Waals surface area contributed by atoms with Gasteiger partial charge in [0.2, 0.25) is 0 Å². The largest absolute Gasteiger partial charge is 0.307 e. The first-order valence-corrected chi connectivity index (χ1v) is 6.75. The van der Waals surface area contributed by atoms with Crippen molar-refractivity contribution in [1.82, 2.24) is 4.98 Å². The highest BCUT2D eigenvalue weighted by atomic mass is 127. The Kier molecular flexibility index (Phi) is 4.14. The molecule has 0 bridgehead atoms. The smallest absolute Gasteiger partial charge is 0.257 e. The van der Waals surface area contributed by atoms with Crippen molar-refractivity contribution in [2.24, 2.45) is 0 Å². The summed E-state index contributed by atoms with van der Waals surface area (Å²) >= 11 is 1.94. The van der Waals surface area contributed by atoms with Crippen molar-refractivity contribution in [3.8, 4) is 0 Å². The second-order valence-electron chi connectivity index (χ2n) is 4.25. The first-order chi connectivity index (χ1) is 8.95. The SMILES string of the molecule is Cc1cc(C)nc(NC(=O)c2ccc(F)cc2I)c1. The Morgan fingerprint density at radius 3 is 2.63 bits per heavy atom. The van der Waals surface area contributed by atoms with E-state index in [1.54, 1.807) is 6.07 Å². The number of rotatable bonds is 2. The zero-order valence-corrected chi connectivity index (χ0v) is 12.7. The van der Waals surface area contributed by atoms with Crippen LogP contribution in [0.3, 0.4) is 0 Å². The molecule has 0 spiro atoms. The lowest BCUT2D eigenvalue weighted by molar-refractivity contribution is 0.102. The van der Waals surface area contributed by atoms with Crippen LogP contribution in [0.15, 0.2) is 30.3 Å². The maximum absolute atomic E-state index is 13.0. The molecule has 98 valence electrons.